The standard InChI is InChI=1S/C26H23NO4/c1-29-20-9-7-18(8-10-20)13-14-27-16-23-24(30-17-27)12-11-21-22(15-25(28)31-26(21)23)19-5-3-2-4-6-19/h2-12,15H,13-14,16-17H2,1H3/p+1. The maximum atomic E-state index is 12.4. The SMILES string of the molecule is COc1ccc(CC[NH+]2COc3ccc4c(-c5ccccc5)cc(=O)oc4c3C2)cc1. The molecule has 5 rings (SSSR count). The molecule has 1 atom stereocenters. The van der Waals surface area contributed by atoms with Crippen LogP contribution in [0.5, 0.6) is 11.5 Å². The van der Waals surface area contributed by atoms with Gasteiger partial charge in [-0.25, -0.2) is 4.79 Å². The van der Waals surface area contributed by atoms with Gasteiger partial charge in [0.05, 0.1) is 19.2 Å². The van der Waals surface area contributed by atoms with Crippen LogP contribution in [0, 0.1) is 0 Å². The molecule has 4 aromatic rings. The number of hydrogen-bond acceptors (Lipinski definition) is 4. The van der Waals surface area contributed by atoms with Crippen LogP contribution in [0.25, 0.3) is 22.1 Å². The monoisotopic (exact) mass is 414 g/mol. The number of hydrogen-bond donors (Lipinski definition) is 1. The number of fused-ring (bicyclic) bond motifs is 3. The number of nitrogens with one attached hydrogen (secondary N) is 1. The molecule has 156 valence electrons. The van der Waals surface area contributed by atoms with E-state index >= 15 is 0 Å². The van der Waals surface area contributed by atoms with Crippen molar-refractivity contribution in [2.75, 3.05) is 20.4 Å². The van der Waals surface area contributed by atoms with Gasteiger partial charge in [0.15, 0.2) is 5.58 Å². The molecule has 0 saturated carbocycles. The average molecular weight is 414 g/mol. The van der Waals surface area contributed by atoms with Gasteiger partial charge >= 0.3 is 5.63 Å². The van der Waals surface area contributed by atoms with Crippen molar-refractivity contribution in [1.82, 2.24) is 0 Å². The van der Waals surface area contributed by atoms with Crippen LogP contribution in [0.2, 0.25) is 0 Å². The fraction of sp³-hybridized carbons (Fsp3) is 0.192. The molecule has 3 aromatic carbocycles. The first-order valence-electron chi connectivity index (χ1n) is 10.5. The fourth-order valence-corrected chi connectivity index (χ4v) is 4.18. The van der Waals surface area contributed by atoms with Gasteiger partial charge in [-0.2, -0.15) is 0 Å². The van der Waals surface area contributed by atoms with Gasteiger partial charge in [-0.1, -0.05) is 42.5 Å². The summed E-state index contributed by atoms with van der Waals surface area (Å²) in [6.45, 7) is 2.27. The Hall–Kier alpha value is -3.57. The predicted octanol–water partition coefficient (Wildman–Crippen LogP) is 3.45. The second-order valence-corrected chi connectivity index (χ2v) is 7.83. The van der Waals surface area contributed by atoms with Gasteiger partial charge in [-0.3, -0.25) is 4.90 Å². The normalized spacial score (nSPS) is 15.3. The second kappa shape index (κ2) is 8.28. The van der Waals surface area contributed by atoms with E-state index in [0.29, 0.717) is 12.3 Å². The lowest BCUT2D eigenvalue weighted by Gasteiger charge is -2.26. The van der Waals surface area contributed by atoms with Crippen molar-refractivity contribution < 1.29 is 18.8 Å². The number of ether oxygens (including phenoxy) is 2. The summed E-state index contributed by atoms with van der Waals surface area (Å²) in [5.74, 6) is 1.66. The van der Waals surface area contributed by atoms with Crippen molar-refractivity contribution in [2.45, 2.75) is 13.0 Å². The molecular weight excluding hydrogens is 390 g/mol. The molecule has 0 bridgehead atoms. The first kappa shape index (κ1) is 19.4. The molecule has 0 saturated heterocycles. The van der Waals surface area contributed by atoms with Gasteiger partial charge in [0.1, 0.15) is 18.0 Å². The zero-order valence-electron chi connectivity index (χ0n) is 17.4. The Balaban J connectivity index is 1.44. The third kappa shape index (κ3) is 3.92. The van der Waals surface area contributed by atoms with Crippen LogP contribution in [0.15, 0.2) is 82.0 Å². The third-order valence-corrected chi connectivity index (χ3v) is 5.84. The van der Waals surface area contributed by atoms with Crippen LogP contribution in [-0.2, 0) is 13.0 Å². The number of methoxy groups -OCH3 is 1. The molecule has 0 amide bonds. The predicted molar refractivity (Wildman–Crippen MR) is 120 cm³/mol. The summed E-state index contributed by atoms with van der Waals surface area (Å²) < 4.78 is 17.0. The molecule has 5 nitrogen and oxygen atoms in total. The molecule has 1 aliphatic heterocycles. The minimum atomic E-state index is -0.342. The first-order valence-corrected chi connectivity index (χ1v) is 10.5. The maximum absolute atomic E-state index is 12.4. The van der Waals surface area contributed by atoms with Crippen LogP contribution in [-0.4, -0.2) is 20.4 Å². The van der Waals surface area contributed by atoms with Crippen molar-refractivity contribution in [3.8, 4) is 22.6 Å². The Kier molecular flexibility index (Phi) is 5.18. The largest absolute Gasteiger partial charge is 0.497 e. The molecule has 0 spiro atoms. The van der Waals surface area contributed by atoms with Crippen LogP contribution < -0.4 is 20.0 Å². The summed E-state index contributed by atoms with van der Waals surface area (Å²) in [7, 11) is 1.67. The zero-order chi connectivity index (χ0) is 21.2. The van der Waals surface area contributed by atoms with Gasteiger partial charge in [0.25, 0.3) is 0 Å². The molecule has 0 aliphatic carbocycles. The van der Waals surface area contributed by atoms with E-state index in [1.165, 1.54) is 10.5 Å². The van der Waals surface area contributed by atoms with E-state index in [4.69, 9.17) is 13.9 Å². The Labute approximate surface area is 180 Å². The van der Waals surface area contributed by atoms with Crippen LogP contribution >= 0.6 is 0 Å². The molecule has 0 radical (unpaired) electrons. The van der Waals surface area contributed by atoms with Gasteiger partial charge in [-0.05, 0) is 41.0 Å². The molecule has 1 aliphatic rings. The van der Waals surface area contributed by atoms with Gasteiger partial charge < -0.3 is 13.9 Å². The van der Waals surface area contributed by atoms with Crippen LogP contribution in [0.3, 0.4) is 0 Å². The highest BCUT2D eigenvalue weighted by Crippen LogP contribution is 2.33. The van der Waals surface area contributed by atoms with Crippen LogP contribution in [0.1, 0.15) is 11.1 Å². The summed E-state index contributed by atoms with van der Waals surface area (Å²) in [5.41, 5.74) is 4.40. The topological polar surface area (TPSA) is 53.1 Å². The highest BCUT2D eigenvalue weighted by molar-refractivity contribution is 5.95. The molecule has 31 heavy (non-hydrogen) atoms. The minimum Gasteiger partial charge on any atom is -0.497 e. The molecule has 2 heterocycles. The Morgan fingerprint density at radius 1 is 1.00 bits per heavy atom. The summed E-state index contributed by atoms with van der Waals surface area (Å²) in [4.78, 5) is 13.7. The molecule has 1 aromatic heterocycles. The van der Waals surface area contributed by atoms with Gasteiger partial charge in [-0.15, -0.1) is 0 Å². The van der Waals surface area contributed by atoms with Gasteiger partial charge in [0, 0.05) is 17.9 Å². The van der Waals surface area contributed by atoms with Crippen molar-refractivity contribution in [2.24, 2.45) is 0 Å². The number of benzene rings is 3. The molecule has 0 fully saturated rings. The van der Waals surface area contributed by atoms with E-state index in [1.54, 1.807) is 13.2 Å². The number of quaternary nitrogens is 1. The first-order chi connectivity index (χ1) is 15.2. The zero-order valence-corrected chi connectivity index (χ0v) is 17.4. The lowest BCUT2D eigenvalue weighted by Crippen LogP contribution is -3.12. The van der Waals surface area contributed by atoms with Crippen molar-refractivity contribution in [3.05, 3.63) is 94.3 Å². The molecule has 1 unspecified atom stereocenters. The Morgan fingerprint density at radius 2 is 1.81 bits per heavy atom. The third-order valence-electron chi connectivity index (χ3n) is 5.84. The smallest absolute Gasteiger partial charge is 0.336 e. The van der Waals surface area contributed by atoms with E-state index < -0.39 is 0 Å². The summed E-state index contributed by atoms with van der Waals surface area (Å²) in [6, 6.07) is 23.7. The van der Waals surface area contributed by atoms with Crippen LogP contribution in [0.4, 0.5) is 0 Å². The maximum Gasteiger partial charge on any atom is 0.336 e. The fourth-order valence-electron chi connectivity index (χ4n) is 4.18. The summed E-state index contributed by atoms with van der Waals surface area (Å²) in [5, 5.41) is 0.935. The lowest BCUT2D eigenvalue weighted by atomic mass is 9.99. The molecular formula is C26H24NO4+. The minimum absolute atomic E-state index is 0.342. The lowest BCUT2D eigenvalue weighted by molar-refractivity contribution is -0.932. The number of rotatable bonds is 5. The summed E-state index contributed by atoms with van der Waals surface area (Å²) >= 11 is 0. The van der Waals surface area contributed by atoms with Crippen molar-refractivity contribution >= 4 is 11.0 Å². The van der Waals surface area contributed by atoms with Gasteiger partial charge in [0.2, 0.25) is 6.73 Å². The van der Waals surface area contributed by atoms with Crippen molar-refractivity contribution in [1.29, 1.82) is 0 Å². The second-order valence-electron chi connectivity index (χ2n) is 7.83. The molecule has 1 N–H and O–H groups in total. The van der Waals surface area contributed by atoms with E-state index in [0.717, 1.165) is 53.1 Å². The van der Waals surface area contributed by atoms with E-state index in [9.17, 15) is 4.79 Å². The quantitative estimate of drug-likeness (QED) is 0.509. The Morgan fingerprint density at radius 3 is 2.58 bits per heavy atom. The van der Waals surface area contributed by atoms with Crippen molar-refractivity contribution in [3.63, 3.8) is 0 Å². The molecule has 5 heteroatoms. The highest BCUT2D eigenvalue weighted by atomic mass is 16.5. The van der Waals surface area contributed by atoms with E-state index in [1.807, 2.05) is 54.6 Å². The summed E-state index contributed by atoms with van der Waals surface area (Å²) in [6.07, 6.45) is 0.933. The van der Waals surface area contributed by atoms with E-state index in [-0.39, 0.29) is 5.63 Å². The van der Waals surface area contributed by atoms with E-state index in [2.05, 4.69) is 12.1 Å². The Bertz CT molecular complexity index is 1260. The highest BCUT2D eigenvalue weighted by Gasteiger charge is 2.25. The average Bonchev–Trinajstić information content (AvgIpc) is 2.83.